The summed E-state index contributed by atoms with van der Waals surface area (Å²) in [6.45, 7) is 10.5. The number of benzene rings is 1. The summed E-state index contributed by atoms with van der Waals surface area (Å²) < 4.78 is 35.6. The SMILES string of the molecule is CNS(=O)(=O)c1cc(-c2cnc3c(n2)c(-c2cnc(C4CCN(C)CC4)s2)cn3C(=O)OC(C)(C)C)cc(N2CCC[C@H]2C)c1. The lowest BCUT2D eigenvalue weighted by molar-refractivity contribution is 0.0543. The molecule has 4 aromatic rings. The second-order valence-corrected chi connectivity index (χ2v) is 16.0. The first-order valence-electron chi connectivity index (χ1n) is 15.4. The molecule has 45 heavy (non-hydrogen) atoms. The van der Waals surface area contributed by atoms with Crippen molar-refractivity contribution in [1.29, 1.82) is 0 Å². The summed E-state index contributed by atoms with van der Waals surface area (Å²) >= 11 is 1.62. The van der Waals surface area contributed by atoms with Gasteiger partial charge in [0.25, 0.3) is 0 Å². The van der Waals surface area contributed by atoms with Gasteiger partial charge < -0.3 is 14.5 Å². The average molecular weight is 652 g/mol. The highest BCUT2D eigenvalue weighted by Crippen LogP contribution is 2.39. The zero-order valence-electron chi connectivity index (χ0n) is 26.7. The van der Waals surface area contributed by atoms with Crippen molar-refractivity contribution in [2.75, 3.05) is 38.6 Å². The summed E-state index contributed by atoms with van der Waals surface area (Å²) in [6, 6.07) is 5.61. The maximum atomic E-state index is 13.3. The van der Waals surface area contributed by atoms with Crippen LogP contribution in [0.1, 0.15) is 64.3 Å². The van der Waals surface area contributed by atoms with Crippen LogP contribution in [0, 0.1) is 0 Å². The molecule has 2 aliphatic rings. The summed E-state index contributed by atoms with van der Waals surface area (Å²) in [6.07, 6.45) is 8.82. The van der Waals surface area contributed by atoms with Crippen molar-refractivity contribution in [2.45, 2.75) is 75.8 Å². The molecule has 6 rings (SSSR count). The molecule has 0 radical (unpaired) electrons. The van der Waals surface area contributed by atoms with Gasteiger partial charge in [0.2, 0.25) is 10.0 Å². The predicted octanol–water partition coefficient (Wildman–Crippen LogP) is 5.71. The minimum absolute atomic E-state index is 0.162. The maximum Gasteiger partial charge on any atom is 0.420 e. The van der Waals surface area contributed by atoms with Crippen LogP contribution in [-0.4, -0.2) is 84.3 Å². The van der Waals surface area contributed by atoms with Crippen molar-refractivity contribution in [1.82, 2.24) is 29.1 Å². The minimum atomic E-state index is -3.73. The molecule has 2 saturated heterocycles. The first kappa shape index (κ1) is 31.6. The van der Waals surface area contributed by atoms with E-state index in [1.165, 1.54) is 11.6 Å². The van der Waals surface area contributed by atoms with Gasteiger partial charge in [0.15, 0.2) is 5.65 Å². The monoisotopic (exact) mass is 651 g/mol. The number of nitrogens with zero attached hydrogens (tertiary/aromatic N) is 6. The molecule has 1 N–H and O–H groups in total. The number of rotatable bonds is 6. The van der Waals surface area contributed by atoms with E-state index in [0.29, 0.717) is 34.4 Å². The van der Waals surface area contributed by atoms with Gasteiger partial charge >= 0.3 is 6.09 Å². The molecule has 2 aliphatic heterocycles. The van der Waals surface area contributed by atoms with Gasteiger partial charge in [0, 0.05) is 47.7 Å². The smallest absolute Gasteiger partial charge is 0.420 e. The van der Waals surface area contributed by atoms with Gasteiger partial charge in [-0.05, 0) is 98.8 Å². The van der Waals surface area contributed by atoms with Gasteiger partial charge in [-0.1, -0.05) is 0 Å². The van der Waals surface area contributed by atoms with Crippen LogP contribution in [-0.2, 0) is 14.8 Å². The number of hydrogen-bond acceptors (Lipinski definition) is 10. The molecule has 1 atom stereocenters. The third kappa shape index (κ3) is 6.49. The molecule has 5 heterocycles. The number of anilines is 1. The molecule has 13 heteroatoms. The Morgan fingerprint density at radius 2 is 1.82 bits per heavy atom. The van der Waals surface area contributed by atoms with E-state index in [-0.39, 0.29) is 4.90 Å². The second kappa shape index (κ2) is 12.1. The molecular formula is C32H41N7O4S2. The highest BCUT2D eigenvalue weighted by Gasteiger charge is 2.27. The predicted molar refractivity (Wildman–Crippen MR) is 177 cm³/mol. The fourth-order valence-corrected chi connectivity index (χ4v) is 8.00. The Bertz CT molecular complexity index is 1840. The number of piperidine rings is 1. The third-order valence-corrected chi connectivity index (χ3v) is 11.2. The van der Waals surface area contributed by atoms with Gasteiger partial charge in [0.05, 0.1) is 26.7 Å². The van der Waals surface area contributed by atoms with Gasteiger partial charge in [-0.2, -0.15) is 0 Å². The lowest BCUT2D eigenvalue weighted by Crippen LogP contribution is -2.29. The molecular weight excluding hydrogens is 611 g/mol. The molecule has 1 aromatic carbocycles. The van der Waals surface area contributed by atoms with Crippen LogP contribution in [0.15, 0.2) is 41.7 Å². The van der Waals surface area contributed by atoms with Crippen molar-refractivity contribution in [3.63, 3.8) is 0 Å². The average Bonchev–Trinajstić information content (AvgIpc) is 3.74. The van der Waals surface area contributed by atoms with E-state index in [1.807, 2.05) is 33.0 Å². The van der Waals surface area contributed by atoms with E-state index in [4.69, 9.17) is 19.7 Å². The first-order valence-corrected chi connectivity index (χ1v) is 17.7. The third-order valence-electron chi connectivity index (χ3n) is 8.59. The van der Waals surface area contributed by atoms with Gasteiger partial charge in [-0.15, -0.1) is 11.3 Å². The van der Waals surface area contributed by atoms with Crippen LogP contribution < -0.4 is 9.62 Å². The number of thiazole rings is 1. The fraction of sp³-hybridized carbons (Fsp3) is 0.500. The fourth-order valence-electron chi connectivity index (χ4n) is 6.10. The number of nitrogens with one attached hydrogen (secondary N) is 1. The number of aromatic nitrogens is 4. The van der Waals surface area contributed by atoms with Crippen molar-refractivity contribution < 1.29 is 17.9 Å². The molecule has 0 saturated carbocycles. The minimum Gasteiger partial charge on any atom is -0.443 e. The number of carbonyl (C=O) groups is 1. The Kier molecular flexibility index (Phi) is 8.48. The quantitative estimate of drug-likeness (QED) is 0.279. The summed E-state index contributed by atoms with van der Waals surface area (Å²) in [5, 5.41) is 1.08. The van der Waals surface area contributed by atoms with E-state index in [9.17, 15) is 13.2 Å². The van der Waals surface area contributed by atoms with E-state index < -0.39 is 21.7 Å². The van der Waals surface area contributed by atoms with Crippen molar-refractivity contribution in [3.05, 3.63) is 41.8 Å². The Balaban J connectivity index is 1.48. The van der Waals surface area contributed by atoms with Crippen molar-refractivity contribution >= 4 is 44.3 Å². The number of sulfonamides is 1. The summed E-state index contributed by atoms with van der Waals surface area (Å²) in [5.74, 6) is 0.393. The molecule has 0 unspecified atom stereocenters. The standard InChI is InChI=1S/C32H41N7O4S2/c1-20-8-7-11-38(20)23-14-22(15-24(16-23)45(41,42)33-5)26-17-34-29-28(36-26)25(19-39(29)31(40)43-32(2,3)4)27-18-35-30(44-27)21-9-12-37(6)13-10-21/h14-21,33H,7-13H2,1-6H3/t20-/m1/s1. The number of hydrogen-bond donors (Lipinski definition) is 1. The lowest BCUT2D eigenvalue weighted by Gasteiger charge is -2.27. The zero-order valence-corrected chi connectivity index (χ0v) is 28.3. The molecule has 0 aliphatic carbocycles. The van der Waals surface area contributed by atoms with Crippen LogP contribution in [0.5, 0.6) is 0 Å². The normalized spacial score (nSPS) is 18.6. The molecule has 3 aromatic heterocycles. The largest absolute Gasteiger partial charge is 0.443 e. The van der Waals surface area contributed by atoms with Crippen molar-refractivity contribution in [3.8, 4) is 21.7 Å². The second-order valence-electron chi connectivity index (χ2n) is 13.1. The molecule has 0 bridgehead atoms. The van der Waals surface area contributed by atoms with Crippen LogP contribution in [0.2, 0.25) is 0 Å². The molecule has 0 spiro atoms. The highest BCUT2D eigenvalue weighted by atomic mass is 32.2. The number of fused-ring (bicyclic) bond motifs is 1. The summed E-state index contributed by atoms with van der Waals surface area (Å²) in [7, 11) is -0.176. The molecule has 240 valence electrons. The van der Waals surface area contributed by atoms with Gasteiger partial charge in [0.1, 0.15) is 11.1 Å². The summed E-state index contributed by atoms with van der Waals surface area (Å²) in [5.41, 5.74) is 2.88. The van der Waals surface area contributed by atoms with Gasteiger partial charge in [-0.25, -0.2) is 37.5 Å². The van der Waals surface area contributed by atoms with Crippen LogP contribution in [0.25, 0.3) is 32.9 Å². The molecule has 2 fully saturated rings. The Morgan fingerprint density at radius 1 is 1.07 bits per heavy atom. The number of carbonyl (C=O) groups excluding carboxylic acids is 1. The van der Waals surface area contributed by atoms with E-state index in [1.54, 1.807) is 35.9 Å². The topological polar surface area (TPSA) is 123 Å². The van der Waals surface area contributed by atoms with E-state index >= 15 is 0 Å². The maximum absolute atomic E-state index is 13.3. The summed E-state index contributed by atoms with van der Waals surface area (Å²) in [4.78, 5) is 33.5. The Hall–Kier alpha value is -3.39. The Labute approximate surface area is 268 Å². The lowest BCUT2D eigenvalue weighted by atomic mass is 9.98. The number of ether oxygens (including phenoxy) is 1. The van der Waals surface area contributed by atoms with Crippen molar-refractivity contribution in [2.24, 2.45) is 0 Å². The van der Waals surface area contributed by atoms with Crippen LogP contribution in [0.3, 0.4) is 0 Å². The van der Waals surface area contributed by atoms with E-state index in [2.05, 4.69) is 28.5 Å². The molecule has 11 nitrogen and oxygen atoms in total. The van der Waals surface area contributed by atoms with Crippen LogP contribution in [0.4, 0.5) is 10.5 Å². The highest BCUT2D eigenvalue weighted by molar-refractivity contribution is 7.89. The Morgan fingerprint density at radius 3 is 2.49 bits per heavy atom. The first-order chi connectivity index (χ1) is 21.3. The number of likely N-dealkylation sites (tertiary alicyclic amines) is 1. The van der Waals surface area contributed by atoms with Gasteiger partial charge in [-0.3, -0.25) is 0 Å². The van der Waals surface area contributed by atoms with E-state index in [0.717, 1.165) is 66.5 Å². The zero-order chi connectivity index (χ0) is 32.1. The molecule has 0 amide bonds. The van der Waals surface area contributed by atoms with Crippen LogP contribution >= 0.6 is 11.3 Å².